The molecule has 15 heavy (non-hydrogen) atoms. The van der Waals surface area contributed by atoms with Gasteiger partial charge in [0.05, 0.1) is 11.4 Å². The van der Waals surface area contributed by atoms with E-state index in [-0.39, 0.29) is 0 Å². The van der Waals surface area contributed by atoms with E-state index in [4.69, 9.17) is 0 Å². The first-order valence-corrected chi connectivity index (χ1v) is 4.59. The lowest BCUT2D eigenvalue weighted by atomic mass is 10.1. The van der Waals surface area contributed by atoms with Crippen LogP contribution in [0, 0.1) is 0 Å². The molecule has 2 N–H and O–H groups in total. The van der Waals surface area contributed by atoms with Crippen LogP contribution in [0.15, 0.2) is 36.4 Å². The summed E-state index contributed by atoms with van der Waals surface area (Å²) in [7, 11) is 0. The minimum absolute atomic E-state index is 0.520. The number of rotatable bonds is 0. The Labute approximate surface area is 85.7 Å². The molecule has 0 aliphatic carbocycles. The van der Waals surface area contributed by atoms with Crippen LogP contribution in [-0.2, 0) is 0 Å². The molecule has 0 aromatic heterocycles. The van der Waals surface area contributed by atoms with Crippen molar-refractivity contribution in [1.82, 2.24) is 0 Å². The molecule has 0 bridgehead atoms. The van der Waals surface area contributed by atoms with Gasteiger partial charge in [-0.05, 0) is 17.5 Å². The molecule has 3 rings (SSSR count). The standard InChI is InChI=1S/C11H8N2O2/c14-11-12-8-5-1-3-7-4-2-6-9(10(7)8)13(11)15/h1-6,15H,(H,12,14). The maximum atomic E-state index is 11.4. The lowest BCUT2D eigenvalue weighted by molar-refractivity contribution is 0.215. The van der Waals surface area contributed by atoms with Gasteiger partial charge in [-0.2, -0.15) is 5.06 Å². The number of nitrogens with zero attached hydrogens (tertiary/aromatic N) is 1. The smallest absolute Gasteiger partial charge is 0.305 e. The molecule has 0 saturated carbocycles. The average Bonchev–Trinajstić information content (AvgIpc) is 2.26. The first kappa shape index (κ1) is 8.26. The number of benzene rings is 2. The van der Waals surface area contributed by atoms with Crippen molar-refractivity contribution in [2.75, 3.05) is 10.4 Å². The third-order valence-corrected chi connectivity index (χ3v) is 2.54. The van der Waals surface area contributed by atoms with E-state index in [0.717, 1.165) is 16.5 Å². The number of carbonyl (C=O) groups excluding carboxylic acids is 1. The zero-order chi connectivity index (χ0) is 10.4. The van der Waals surface area contributed by atoms with Gasteiger partial charge in [-0.1, -0.05) is 24.3 Å². The highest BCUT2D eigenvalue weighted by Crippen LogP contribution is 2.35. The van der Waals surface area contributed by atoms with Gasteiger partial charge in [0.2, 0.25) is 0 Å². The molecule has 4 heteroatoms. The summed E-state index contributed by atoms with van der Waals surface area (Å²) >= 11 is 0. The first-order chi connectivity index (χ1) is 7.27. The number of anilines is 2. The van der Waals surface area contributed by atoms with E-state index in [2.05, 4.69) is 5.32 Å². The Morgan fingerprint density at radius 2 is 1.87 bits per heavy atom. The molecule has 2 aromatic rings. The number of hydrogen-bond donors (Lipinski definition) is 2. The monoisotopic (exact) mass is 200 g/mol. The molecular formula is C11H8N2O2. The molecule has 1 aliphatic heterocycles. The first-order valence-electron chi connectivity index (χ1n) is 4.59. The van der Waals surface area contributed by atoms with E-state index in [9.17, 15) is 10.0 Å². The number of nitrogens with one attached hydrogen (secondary N) is 1. The van der Waals surface area contributed by atoms with Gasteiger partial charge >= 0.3 is 6.03 Å². The molecule has 0 radical (unpaired) electrons. The fourth-order valence-electron chi connectivity index (χ4n) is 1.88. The molecule has 1 heterocycles. The molecule has 0 unspecified atom stereocenters. The van der Waals surface area contributed by atoms with Crippen molar-refractivity contribution in [1.29, 1.82) is 0 Å². The minimum atomic E-state index is -0.527. The van der Waals surface area contributed by atoms with Crippen LogP contribution in [0.3, 0.4) is 0 Å². The van der Waals surface area contributed by atoms with Crippen molar-refractivity contribution >= 4 is 28.2 Å². The summed E-state index contributed by atoms with van der Waals surface area (Å²) in [6, 6.07) is 10.6. The number of hydroxylamine groups is 1. The minimum Gasteiger partial charge on any atom is -0.305 e. The molecule has 2 aromatic carbocycles. The van der Waals surface area contributed by atoms with Crippen LogP contribution >= 0.6 is 0 Å². The molecular weight excluding hydrogens is 192 g/mol. The van der Waals surface area contributed by atoms with Crippen molar-refractivity contribution in [3.63, 3.8) is 0 Å². The number of hydrogen-bond acceptors (Lipinski definition) is 2. The van der Waals surface area contributed by atoms with Gasteiger partial charge in [0.1, 0.15) is 0 Å². The quantitative estimate of drug-likeness (QED) is 0.642. The normalized spacial score (nSPS) is 14.2. The van der Waals surface area contributed by atoms with Crippen LogP contribution in [0.25, 0.3) is 10.8 Å². The van der Waals surface area contributed by atoms with Crippen molar-refractivity contribution in [2.24, 2.45) is 0 Å². The van der Waals surface area contributed by atoms with Gasteiger partial charge < -0.3 is 5.32 Å². The zero-order valence-electron chi connectivity index (χ0n) is 7.77. The Balaban J connectivity index is 2.46. The summed E-state index contributed by atoms with van der Waals surface area (Å²) in [5, 5.41) is 14.7. The van der Waals surface area contributed by atoms with E-state index in [0.29, 0.717) is 10.8 Å². The van der Waals surface area contributed by atoms with Gasteiger partial charge in [-0.15, -0.1) is 0 Å². The van der Waals surface area contributed by atoms with Crippen LogP contribution in [0.1, 0.15) is 0 Å². The van der Waals surface area contributed by atoms with Gasteiger partial charge in [-0.3, -0.25) is 5.21 Å². The summed E-state index contributed by atoms with van der Waals surface area (Å²) < 4.78 is 0. The highest BCUT2D eigenvalue weighted by molar-refractivity contribution is 6.17. The van der Waals surface area contributed by atoms with Gasteiger partial charge in [0, 0.05) is 5.39 Å². The van der Waals surface area contributed by atoms with Crippen molar-refractivity contribution in [2.45, 2.75) is 0 Å². The van der Waals surface area contributed by atoms with Crippen LogP contribution in [-0.4, -0.2) is 11.2 Å². The van der Waals surface area contributed by atoms with Gasteiger partial charge in [0.15, 0.2) is 0 Å². The predicted molar refractivity (Wildman–Crippen MR) is 57.2 cm³/mol. The second kappa shape index (κ2) is 2.71. The molecule has 0 fully saturated rings. The highest BCUT2D eigenvalue weighted by Gasteiger charge is 2.23. The summed E-state index contributed by atoms with van der Waals surface area (Å²) in [5.41, 5.74) is 1.25. The van der Waals surface area contributed by atoms with E-state index in [1.165, 1.54) is 0 Å². The fraction of sp³-hybridized carbons (Fsp3) is 0. The second-order valence-corrected chi connectivity index (χ2v) is 3.42. The van der Waals surface area contributed by atoms with Crippen LogP contribution in [0.2, 0.25) is 0 Å². The topological polar surface area (TPSA) is 52.6 Å². The third kappa shape index (κ3) is 1.02. The maximum absolute atomic E-state index is 11.4. The Kier molecular flexibility index (Phi) is 1.49. The van der Waals surface area contributed by atoms with E-state index >= 15 is 0 Å². The lowest BCUT2D eigenvalue weighted by Crippen LogP contribution is -2.34. The zero-order valence-corrected chi connectivity index (χ0v) is 7.77. The van der Waals surface area contributed by atoms with Crippen LogP contribution < -0.4 is 10.4 Å². The van der Waals surface area contributed by atoms with E-state index < -0.39 is 6.03 Å². The summed E-state index contributed by atoms with van der Waals surface area (Å²) in [6.07, 6.45) is 0. The Morgan fingerprint density at radius 3 is 2.67 bits per heavy atom. The average molecular weight is 200 g/mol. The predicted octanol–water partition coefficient (Wildman–Crippen LogP) is 2.58. The molecule has 74 valence electrons. The van der Waals surface area contributed by atoms with Crippen molar-refractivity contribution < 1.29 is 10.0 Å². The number of carbonyl (C=O) groups is 1. The fourth-order valence-corrected chi connectivity index (χ4v) is 1.88. The number of amides is 2. The van der Waals surface area contributed by atoms with Crippen LogP contribution in [0.4, 0.5) is 16.2 Å². The van der Waals surface area contributed by atoms with Crippen molar-refractivity contribution in [3.8, 4) is 0 Å². The van der Waals surface area contributed by atoms with Gasteiger partial charge in [0.25, 0.3) is 0 Å². The van der Waals surface area contributed by atoms with E-state index in [1.807, 2.05) is 30.3 Å². The largest absolute Gasteiger partial charge is 0.350 e. The Morgan fingerprint density at radius 1 is 1.13 bits per heavy atom. The van der Waals surface area contributed by atoms with Crippen LogP contribution in [0.5, 0.6) is 0 Å². The molecule has 0 saturated heterocycles. The Bertz CT molecular complexity index is 560. The highest BCUT2D eigenvalue weighted by atomic mass is 16.5. The SMILES string of the molecule is O=C1Nc2cccc3cccc(c23)N1O. The van der Waals surface area contributed by atoms with Gasteiger partial charge in [-0.25, -0.2) is 4.79 Å². The summed E-state index contributed by atoms with van der Waals surface area (Å²) in [6.45, 7) is 0. The molecule has 1 aliphatic rings. The summed E-state index contributed by atoms with van der Waals surface area (Å²) in [4.78, 5) is 11.4. The number of urea groups is 1. The summed E-state index contributed by atoms with van der Waals surface area (Å²) in [5.74, 6) is 0. The third-order valence-electron chi connectivity index (χ3n) is 2.54. The lowest BCUT2D eigenvalue weighted by Gasteiger charge is -2.24. The molecule has 2 amide bonds. The molecule has 4 nitrogen and oxygen atoms in total. The molecule has 0 spiro atoms. The second-order valence-electron chi connectivity index (χ2n) is 3.42. The molecule has 0 atom stereocenters. The Hall–Kier alpha value is -2.07. The maximum Gasteiger partial charge on any atom is 0.350 e. The van der Waals surface area contributed by atoms with E-state index in [1.54, 1.807) is 6.07 Å². The van der Waals surface area contributed by atoms with Crippen molar-refractivity contribution in [3.05, 3.63) is 36.4 Å².